The molecular weight excluding hydrogens is 214 g/mol. The zero-order valence-corrected chi connectivity index (χ0v) is 10.9. The molecule has 1 N–H and O–H groups in total. The Morgan fingerprint density at radius 3 is 2.65 bits per heavy atom. The highest BCUT2D eigenvalue weighted by Gasteiger charge is 2.16. The van der Waals surface area contributed by atoms with Crippen LogP contribution in [0.3, 0.4) is 0 Å². The van der Waals surface area contributed by atoms with Crippen molar-refractivity contribution in [2.45, 2.75) is 27.2 Å². The second-order valence-corrected chi connectivity index (χ2v) is 4.21. The molecule has 1 aromatic carbocycles. The van der Waals surface area contributed by atoms with E-state index in [0.717, 1.165) is 16.7 Å². The molecule has 0 aliphatic rings. The van der Waals surface area contributed by atoms with Gasteiger partial charge in [0.15, 0.2) is 0 Å². The molecule has 1 aromatic rings. The molecule has 0 saturated heterocycles. The van der Waals surface area contributed by atoms with Crippen LogP contribution in [0, 0.1) is 13.8 Å². The predicted octanol–water partition coefficient (Wildman–Crippen LogP) is 2.15. The van der Waals surface area contributed by atoms with Gasteiger partial charge in [-0.1, -0.05) is 12.1 Å². The first-order chi connectivity index (χ1) is 8.11. The van der Waals surface area contributed by atoms with Gasteiger partial charge in [0.25, 0.3) is 5.91 Å². The van der Waals surface area contributed by atoms with Gasteiger partial charge >= 0.3 is 0 Å². The molecule has 0 fully saturated rings. The van der Waals surface area contributed by atoms with Gasteiger partial charge in [-0.3, -0.25) is 4.79 Å². The van der Waals surface area contributed by atoms with Gasteiger partial charge in [0.05, 0.1) is 0 Å². The number of carbonyl (C=O) groups is 1. The van der Waals surface area contributed by atoms with Crippen LogP contribution >= 0.6 is 0 Å². The highest BCUT2D eigenvalue weighted by atomic mass is 16.3. The van der Waals surface area contributed by atoms with Crippen molar-refractivity contribution < 1.29 is 9.90 Å². The Kier molecular flexibility index (Phi) is 5.16. The summed E-state index contributed by atoms with van der Waals surface area (Å²) < 4.78 is 0. The molecule has 0 heterocycles. The molecule has 0 saturated carbocycles. The first kappa shape index (κ1) is 13.7. The number of rotatable bonds is 5. The minimum Gasteiger partial charge on any atom is -0.396 e. The predicted molar refractivity (Wildman–Crippen MR) is 69.2 cm³/mol. The highest BCUT2D eigenvalue weighted by molar-refractivity contribution is 5.95. The van der Waals surface area contributed by atoms with E-state index in [2.05, 4.69) is 0 Å². The third-order valence-electron chi connectivity index (χ3n) is 3.09. The van der Waals surface area contributed by atoms with Crippen LogP contribution in [0.5, 0.6) is 0 Å². The Morgan fingerprint density at radius 2 is 2.06 bits per heavy atom. The Balaban J connectivity index is 2.90. The van der Waals surface area contributed by atoms with Crippen molar-refractivity contribution in [3.05, 3.63) is 34.9 Å². The van der Waals surface area contributed by atoms with Gasteiger partial charge < -0.3 is 10.0 Å². The number of aliphatic hydroxyl groups excluding tert-OH is 1. The van der Waals surface area contributed by atoms with Crippen LogP contribution < -0.4 is 0 Å². The van der Waals surface area contributed by atoms with Crippen molar-refractivity contribution in [1.82, 2.24) is 4.90 Å². The van der Waals surface area contributed by atoms with Crippen LogP contribution in [-0.2, 0) is 0 Å². The minimum atomic E-state index is 0.0575. The maximum Gasteiger partial charge on any atom is 0.254 e. The van der Waals surface area contributed by atoms with Gasteiger partial charge in [0.1, 0.15) is 0 Å². The van der Waals surface area contributed by atoms with Gasteiger partial charge in [-0.2, -0.15) is 0 Å². The lowest BCUT2D eigenvalue weighted by molar-refractivity contribution is 0.0753. The summed E-state index contributed by atoms with van der Waals surface area (Å²) in [5, 5.41) is 8.82. The maximum absolute atomic E-state index is 12.3. The zero-order valence-electron chi connectivity index (χ0n) is 10.9. The van der Waals surface area contributed by atoms with Crippen LogP contribution in [0.4, 0.5) is 0 Å². The molecule has 0 aliphatic carbocycles. The zero-order chi connectivity index (χ0) is 12.8. The lowest BCUT2D eigenvalue weighted by atomic mass is 10.0. The number of aliphatic hydroxyl groups is 1. The van der Waals surface area contributed by atoms with Crippen molar-refractivity contribution in [2.75, 3.05) is 19.7 Å². The molecule has 0 bridgehead atoms. The van der Waals surface area contributed by atoms with E-state index in [-0.39, 0.29) is 12.5 Å². The third-order valence-corrected chi connectivity index (χ3v) is 3.09. The molecule has 3 nitrogen and oxygen atoms in total. The van der Waals surface area contributed by atoms with E-state index in [1.165, 1.54) is 0 Å². The van der Waals surface area contributed by atoms with Crippen molar-refractivity contribution >= 4 is 5.91 Å². The monoisotopic (exact) mass is 235 g/mol. The quantitative estimate of drug-likeness (QED) is 0.849. The summed E-state index contributed by atoms with van der Waals surface area (Å²) in [6.45, 7) is 7.35. The number of nitrogens with zero attached hydrogens (tertiary/aromatic N) is 1. The molecule has 3 heteroatoms. The summed E-state index contributed by atoms with van der Waals surface area (Å²) in [6.07, 6.45) is 0.629. The Hall–Kier alpha value is -1.35. The summed E-state index contributed by atoms with van der Waals surface area (Å²) in [7, 11) is 0. The van der Waals surface area contributed by atoms with Crippen molar-refractivity contribution in [2.24, 2.45) is 0 Å². The SMILES string of the molecule is CCN(CCCO)C(=O)c1cccc(C)c1C. The molecule has 0 unspecified atom stereocenters. The van der Waals surface area contributed by atoms with E-state index in [1.54, 1.807) is 4.90 Å². The Bertz CT molecular complexity index is 388. The van der Waals surface area contributed by atoms with Crippen LogP contribution in [-0.4, -0.2) is 35.6 Å². The fourth-order valence-corrected chi connectivity index (χ4v) is 1.82. The number of aryl methyl sites for hydroxylation is 1. The van der Waals surface area contributed by atoms with Gasteiger partial charge in [-0.25, -0.2) is 0 Å². The van der Waals surface area contributed by atoms with Crippen molar-refractivity contribution in [3.8, 4) is 0 Å². The minimum absolute atomic E-state index is 0.0575. The summed E-state index contributed by atoms with van der Waals surface area (Å²) in [5.41, 5.74) is 2.94. The molecule has 17 heavy (non-hydrogen) atoms. The topological polar surface area (TPSA) is 40.5 Å². The van der Waals surface area contributed by atoms with Crippen LogP contribution in [0.25, 0.3) is 0 Å². The number of carbonyl (C=O) groups excluding carboxylic acids is 1. The molecule has 0 spiro atoms. The van der Waals surface area contributed by atoms with E-state index in [0.29, 0.717) is 19.5 Å². The fourth-order valence-electron chi connectivity index (χ4n) is 1.82. The van der Waals surface area contributed by atoms with E-state index in [4.69, 9.17) is 5.11 Å². The Morgan fingerprint density at radius 1 is 1.35 bits per heavy atom. The molecule has 0 atom stereocenters. The Labute approximate surface area is 103 Å². The average Bonchev–Trinajstić information content (AvgIpc) is 2.33. The molecule has 1 amide bonds. The lowest BCUT2D eigenvalue weighted by Crippen LogP contribution is -2.32. The number of hydrogen-bond acceptors (Lipinski definition) is 2. The van der Waals surface area contributed by atoms with Crippen LogP contribution in [0.2, 0.25) is 0 Å². The number of hydrogen-bond donors (Lipinski definition) is 1. The van der Waals surface area contributed by atoms with E-state index in [9.17, 15) is 4.79 Å². The van der Waals surface area contributed by atoms with Gasteiger partial charge in [0, 0.05) is 25.3 Å². The van der Waals surface area contributed by atoms with E-state index < -0.39 is 0 Å². The lowest BCUT2D eigenvalue weighted by Gasteiger charge is -2.21. The summed E-state index contributed by atoms with van der Waals surface area (Å²) in [6, 6.07) is 5.79. The van der Waals surface area contributed by atoms with E-state index >= 15 is 0 Å². The fraction of sp³-hybridized carbons (Fsp3) is 0.500. The smallest absolute Gasteiger partial charge is 0.254 e. The average molecular weight is 235 g/mol. The first-order valence-corrected chi connectivity index (χ1v) is 6.08. The van der Waals surface area contributed by atoms with Gasteiger partial charge in [-0.15, -0.1) is 0 Å². The third kappa shape index (κ3) is 3.30. The van der Waals surface area contributed by atoms with Gasteiger partial charge in [0.2, 0.25) is 0 Å². The molecule has 0 aliphatic heterocycles. The normalized spacial score (nSPS) is 10.4. The van der Waals surface area contributed by atoms with Crippen molar-refractivity contribution in [3.63, 3.8) is 0 Å². The molecule has 0 radical (unpaired) electrons. The molecular formula is C14H21NO2. The number of benzene rings is 1. The van der Waals surface area contributed by atoms with E-state index in [1.807, 2.05) is 39.0 Å². The standard InChI is InChI=1S/C14H21NO2/c1-4-15(9-6-10-16)14(17)13-8-5-7-11(2)12(13)3/h5,7-8,16H,4,6,9-10H2,1-3H3. The van der Waals surface area contributed by atoms with Crippen LogP contribution in [0.1, 0.15) is 34.8 Å². The summed E-state index contributed by atoms with van der Waals surface area (Å²) in [4.78, 5) is 14.1. The summed E-state index contributed by atoms with van der Waals surface area (Å²) >= 11 is 0. The molecule has 0 aromatic heterocycles. The maximum atomic E-state index is 12.3. The van der Waals surface area contributed by atoms with Crippen LogP contribution in [0.15, 0.2) is 18.2 Å². The highest BCUT2D eigenvalue weighted by Crippen LogP contribution is 2.15. The largest absolute Gasteiger partial charge is 0.396 e. The second-order valence-electron chi connectivity index (χ2n) is 4.21. The second kappa shape index (κ2) is 6.40. The first-order valence-electron chi connectivity index (χ1n) is 6.08. The van der Waals surface area contributed by atoms with Gasteiger partial charge in [-0.05, 0) is 44.4 Å². The summed E-state index contributed by atoms with van der Waals surface area (Å²) in [5.74, 6) is 0.0575. The van der Waals surface area contributed by atoms with Crippen molar-refractivity contribution in [1.29, 1.82) is 0 Å². The molecule has 1 rings (SSSR count). The molecule has 94 valence electrons. The number of amides is 1.